The van der Waals surface area contributed by atoms with Crippen LogP contribution in [0.5, 0.6) is 0 Å². The third-order valence-corrected chi connectivity index (χ3v) is 2.28. The third-order valence-electron chi connectivity index (χ3n) is 2.28. The number of nitrogens with one attached hydrogen (secondary N) is 1. The van der Waals surface area contributed by atoms with Gasteiger partial charge in [-0.15, -0.1) is 0 Å². The second-order valence-electron chi connectivity index (χ2n) is 6.23. The number of rotatable bonds is 5. The highest BCUT2D eigenvalue weighted by atomic mass is 16.6. The number of carbonyl (C=O) groups excluding carboxylic acids is 2. The van der Waals surface area contributed by atoms with Crippen molar-refractivity contribution in [2.45, 2.75) is 73.0 Å². The number of hydrogen-bond donors (Lipinski definition) is 2. The van der Waals surface area contributed by atoms with Gasteiger partial charge in [0.1, 0.15) is 11.6 Å². The highest BCUT2D eigenvalue weighted by molar-refractivity contribution is 5.85. The zero-order valence-electron chi connectivity index (χ0n) is 14.1. The lowest BCUT2D eigenvalue weighted by molar-refractivity contribution is -0.118. The summed E-state index contributed by atoms with van der Waals surface area (Å²) in [4.78, 5) is 22.1. The van der Waals surface area contributed by atoms with E-state index >= 15 is 0 Å². The van der Waals surface area contributed by atoms with Crippen molar-refractivity contribution in [1.29, 1.82) is 0 Å². The Bertz CT molecular complexity index is 283. The normalized spacial score (nSPS) is 12.2. The fourth-order valence-electron chi connectivity index (χ4n) is 1.35. The summed E-state index contributed by atoms with van der Waals surface area (Å²) in [5, 5.41) is 2.39. The zero-order valence-corrected chi connectivity index (χ0v) is 14.1. The Morgan fingerprint density at radius 2 is 1.75 bits per heavy atom. The Kier molecular flexibility index (Phi) is 11.3. The second kappa shape index (κ2) is 10.7. The number of ether oxygens (including phenoxy) is 1. The molecule has 0 aromatic carbocycles. The topological polar surface area (TPSA) is 81.4 Å². The number of carbonyl (C=O) groups is 2. The van der Waals surface area contributed by atoms with E-state index in [1.165, 1.54) is 19.8 Å². The summed E-state index contributed by atoms with van der Waals surface area (Å²) in [7, 11) is 0. The molecule has 0 aliphatic heterocycles. The van der Waals surface area contributed by atoms with Crippen molar-refractivity contribution >= 4 is 11.9 Å². The molecule has 0 aliphatic carbocycles. The SMILES string of the molecule is CC(=O)C(CN)NC(=O)OC(C)(C)C.CCCC(C)C. The highest BCUT2D eigenvalue weighted by Gasteiger charge is 2.20. The Morgan fingerprint density at radius 3 is 1.95 bits per heavy atom. The fourth-order valence-corrected chi connectivity index (χ4v) is 1.35. The summed E-state index contributed by atoms with van der Waals surface area (Å²) in [5.41, 5.74) is 4.73. The number of ketones is 1. The minimum atomic E-state index is -0.662. The largest absolute Gasteiger partial charge is 0.444 e. The summed E-state index contributed by atoms with van der Waals surface area (Å²) >= 11 is 0. The number of Topliss-reactive ketones (excluding diaryl/α,β-unsaturated/α-hetero) is 1. The van der Waals surface area contributed by atoms with Gasteiger partial charge >= 0.3 is 6.09 Å². The fraction of sp³-hybridized carbons (Fsp3) is 0.867. The lowest BCUT2D eigenvalue weighted by Gasteiger charge is -2.21. The Labute approximate surface area is 123 Å². The van der Waals surface area contributed by atoms with E-state index in [-0.39, 0.29) is 12.3 Å². The monoisotopic (exact) mass is 288 g/mol. The standard InChI is InChI=1S/C9H18N2O3.C6H14/c1-6(12)7(5-10)11-8(13)14-9(2,3)4;1-4-5-6(2)3/h7H,5,10H2,1-4H3,(H,11,13);6H,4-5H2,1-3H3. The molecule has 5 heteroatoms. The van der Waals surface area contributed by atoms with Gasteiger partial charge in [-0.25, -0.2) is 4.79 Å². The maximum atomic E-state index is 11.2. The number of hydrogen-bond acceptors (Lipinski definition) is 4. The van der Waals surface area contributed by atoms with Crippen molar-refractivity contribution in [3.8, 4) is 0 Å². The van der Waals surface area contributed by atoms with Crippen LogP contribution in [-0.2, 0) is 9.53 Å². The van der Waals surface area contributed by atoms with Crippen LogP contribution in [0.2, 0.25) is 0 Å². The maximum absolute atomic E-state index is 11.2. The van der Waals surface area contributed by atoms with Gasteiger partial charge in [0.05, 0.1) is 0 Å². The third kappa shape index (κ3) is 15.0. The summed E-state index contributed by atoms with van der Waals surface area (Å²) in [6.45, 7) is 13.4. The van der Waals surface area contributed by atoms with Gasteiger partial charge in [0.15, 0.2) is 5.78 Å². The molecule has 1 amide bonds. The van der Waals surface area contributed by atoms with Gasteiger partial charge in [0.2, 0.25) is 0 Å². The molecule has 0 aromatic heterocycles. The Morgan fingerprint density at radius 1 is 1.25 bits per heavy atom. The zero-order chi connectivity index (χ0) is 16.3. The van der Waals surface area contributed by atoms with E-state index in [2.05, 4.69) is 26.1 Å². The first kappa shape index (κ1) is 21.2. The van der Waals surface area contributed by atoms with Crippen LogP contribution < -0.4 is 11.1 Å². The van der Waals surface area contributed by atoms with Gasteiger partial charge in [0, 0.05) is 6.54 Å². The molecule has 0 radical (unpaired) electrons. The van der Waals surface area contributed by atoms with E-state index in [1.54, 1.807) is 20.8 Å². The predicted molar refractivity (Wildman–Crippen MR) is 82.6 cm³/mol. The van der Waals surface area contributed by atoms with E-state index in [9.17, 15) is 9.59 Å². The van der Waals surface area contributed by atoms with Crippen LogP contribution >= 0.6 is 0 Å². The van der Waals surface area contributed by atoms with Crippen LogP contribution in [0.15, 0.2) is 0 Å². The first-order valence-electron chi connectivity index (χ1n) is 7.23. The molecular formula is C15H32N2O3. The average molecular weight is 288 g/mol. The quantitative estimate of drug-likeness (QED) is 0.815. The van der Waals surface area contributed by atoms with Gasteiger partial charge in [0.25, 0.3) is 0 Å². The molecule has 0 spiro atoms. The van der Waals surface area contributed by atoms with Crippen molar-refractivity contribution in [3.05, 3.63) is 0 Å². The van der Waals surface area contributed by atoms with Gasteiger partial charge < -0.3 is 15.8 Å². The molecule has 5 nitrogen and oxygen atoms in total. The van der Waals surface area contributed by atoms with E-state index in [4.69, 9.17) is 10.5 Å². The lowest BCUT2D eigenvalue weighted by Crippen LogP contribution is -2.46. The van der Waals surface area contributed by atoms with E-state index in [1.807, 2.05) is 0 Å². The summed E-state index contributed by atoms with van der Waals surface area (Å²) in [5.74, 6) is 0.716. The van der Waals surface area contributed by atoms with E-state index < -0.39 is 17.7 Å². The van der Waals surface area contributed by atoms with Crippen LogP contribution in [0.3, 0.4) is 0 Å². The number of alkyl carbamates (subject to hydrolysis) is 1. The van der Waals surface area contributed by atoms with Crippen molar-refractivity contribution in [2.24, 2.45) is 11.7 Å². The first-order valence-corrected chi connectivity index (χ1v) is 7.23. The summed E-state index contributed by atoms with van der Waals surface area (Å²) in [6.07, 6.45) is 2.08. The first-order chi connectivity index (χ1) is 9.03. The molecule has 0 heterocycles. The molecule has 0 saturated heterocycles. The Balaban J connectivity index is 0. The molecule has 1 unspecified atom stereocenters. The molecule has 3 N–H and O–H groups in total. The van der Waals surface area contributed by atoms with Crippen molar-refractivity contribution in [3.63, 3.8) is 0 Å². The molecule has 0 rings (SSSR count). The molecule has 1 atom stereocenters. The number of amides is 1. The summed E-state index contributed by atoms with van der Waals surface area (Å²) in [6, 6.07) is -0.662. The van der Waals surface area contributed by atoms with Crippen molar-refractivity contribution < 1.29 is 14.3 Å². The van der Waals surface area contributed by atoms with Crippen molar-refractivity contribution in [2.75, 3.05) is 6.54 Å². The smallest absolute Gasteiger partial charge is 0.408 e. The molecular weight excluding hydrogens is 256 g/mol. The van der Waals surface area contributed by atoms with Gasteiger partial charge in [-0.1, -0.05) is 33.6 Å². The van der Waals surface area contributed by atoms with Crippen LogP contribution in [0.1, 0.15) is 61.3 Å². The van der Waals surface area contributed by atoms with Crippen molar-refractivity contribution in [1.82, 2.24) is 5.32 Å². The van der Waals surface area contributed by atoms with Crippen LogP contribution in [0.25, 0.3) is 0 Å². The Hall–Kier alpha value is -1.10. The molecule has 0 aliphatic rings. The molecule has 20 heavy (non-hydrogen) atoms. The molecule has 0 saturated carbocycles. The van der Waals surface area contributed by atoms with Crippen LogP contribution in [0, 0.1) is 5.92 Å². The predicted octanol–water partition coefficient (Wildman–Crippen LogP) is 2.87. The maximum Gasteiger partial charge on any atom is 0.408 e. The van der Waals surface area contributed by atoms with Crippen LogP contribution in [-0.4, -0.2) is 30.1 Å². The highest BCUT2D eigenvalue weighted by Crippen LogP contribution is 2.06. The molecule has 0 aromatic rings. The molecule has 0 fully saturated rings. The minimum absolute atomic E-state index is 0.0780. The van der Waals surface area contributed by atoms with Crippen LogP contribution in [0.4, 0.5) is 4.79 Å². The van der Waals surface area contributed by atoms with Gasteiger partial charge in [-0.3, -0.25) is 4.79 Å². The molecule has 120 valence electrons. The van der Waals surface area contributed by atoms with Gasteiger partial charge in [-0.05, 0) is 33.6 Å². The minimum Gasteiger partial charge on any atom is -0.444 e. The van der Waals surface area contributed by atoms with E-state index in [0.29, 0.717) is 0 Å². The second-order valence-corrected chi connectivity index (χ2v) is 6.23. The van der Waals surface area contributed by atoms with Gasteiger partial charge in [-0.2, -0.15) is 0 Å². The average Bonchev–Trinajstić information content (AvgIpc) is 2.23. The lowest BCUT2D eigenvalue weighted by atomic mass is 10.1. The number of nitrogens with two attached hydrogens (primary N) is 1. The summed E-state index contributed by atoms with van der Waals surface area (Å²) < 4.78 is 4.96. The molecule has 0 bridgehead atoms. The van der Waals surface area contributed by atoms with E-state index in [0.717, 1.165) is 5.92 Å².